The summed E-state index contributed by atoms with van der Waals surface area (Å²) < 4.78 is 1.74. The molecule has 0 aliphatic carbocycles. The molecule has 3 aromatic rings. The number of aromatic nitrogens is 4. The molecule has 0 radical (unpaired) electrons. The SMILES string of the molecule is Cc1ccc(C(=O)N2CCC[C@@H](c3ccnc4c(C(=O)N(C)C)cnn34)C2)cn1. The van der Waals surface area contributed by atoms with Gasteiger partial charge in [0.25, 0.3) is 11.8 Å². The Labute approximate surface area is 169 Å². The van der Waals surface area contributed by atoms with E-state index in [-0.39, 0.29) is 17.7 Å². The van der Waals surface area contributed by atoms with Crippen molar-refractivity contribution in [2.75, 3.05) is 27.2 Å². The number of rotatable bonds is 3. The molecule has 1 atom stereocenters. The Kier molecular flexibility index (Phi) is 5.00. The topological polar surface area (TPSA) is 83.7 Å². The van der Waals surface area contributed by atoms with Crippen LogP contribution in [-0.2, 0) is 0 Å². The van der Waals surface area contributed by atoms with Gasteiger partial charge in [-0.3, -0.25) is 14.6 Å². The van der Waals surface area contributed by atoms with Gasteiger partial charge in [-0.15, -0.1) is 0 Å². The number of nitrogens with zero attached hydrogens (tertiary/aromatic N) is 6. The van der Waals surface area contributed by atoms with Gasteiger partial charge in [-0.25, -0.2) is 9.50 Å². The predicted molar refractivity (Wildman–Crippen MR) is 108 cm³/mol. The Morgan fingerprint density at radius 3 is 2.69 bits per heavy atom. The monoisotopic (exact) mass is 392 g/mol. The molecular formula is C21H24N6O2. The molecule has 8 nitrogen and oxygen atoms in total. The highest BCUT2D eigenvalue weighted by Gasteiger charge is 2.28. The van der Waals surface area contributed by atoms with Gasteiger partial charge in [0.15, 0.2) is 5.65 Å². The van der Waals surface area contributed by atoms with Crippen molar-refractivity contribution in [2.45, 2.75) is 25.7 Å². The van der Waals surface area contributed by atoms with Gasteiger partial charge < -0.3 is 9.80 Å². The largest absolute Gasteiger partial charge is 0.345 e. The van der Waals surface area contributed by atoms with E-state index < -0.39 is 0 Å². The van der Waals surface area contributed by atoms with Gasteiger partial charge in [-0.1, -0.05) is 0 Å². The third-order valence-corrected chi connectivity index (χ3v) is 5.35. The van der Waals surface area contributed by atoms with E-state index in [9.17, 15) is 9.59 Å². The molecule has 4 rings (SSSR count). The third-order valence-electron chi connectivity index (χ3n) is 5.35. The smallest absolute Gasteiger partial charge is 0.258 e. The van der Waals surface area contributed by atoms with Crippen LogP contribution in [0.5, 0.6) is 0 Å². The Hall–Kier alpha value is -3.29. The van der Waals surface area contributed by atoms with Gasteiger partial charge in [-0.2, -0.15) is 5.10 Å². The number of carbonyl (C=O) groups excluding carboxylic acids is 2. The summed E-state index contributed by atoms with van der Waals surface area (Å²) in [6, 6.07) is 5.61. The second-order valence-electron chi connectivity index (χ2n) is 7.64. The molecule has 0 saturated carbocycles. The number of amides is 2. The van der Waals surface area contributed by atoms with Crippen LogP contribution in [0.25, 0.3) is 5.65 Å². The van der Waals surface area contributed by atoms with Crippen molar-refractivity contribution in [3.05, 3.63) is 59.3 Å². The van der Waals surface area contributed by atoms with E-state index in [1.54, 1.807) is 37.2 Å². The summed E-state index contributed by atoms with van der Waals surface area (Å²) in [7, 11) is 3.42. The third kappa shape index (κ3) is 3.57. The van der Waals surface area contributed by atoms with Crippen LogP contribution in [0.4, 0.5) is 0 Å². The van der Waals surface area contributed by atoms with Crippen LogP contribution in [0.15, 0.2) is 36.8 Å². The maximum atomic E-state index is 12.9. The average Bonchev–Trinajstić information content (AvgIpc) is 3.17. The van der Waals surface area contributed by atoms with Crippen LogP contribution in [0.2, 0.25) is 0 Å². The summed E-state index contributed by atoms with van der Waals surface area (Å²) in [4.78, 5) is 37.3. The number of aryl methyl sites for hydroxylation is 1. The van der Waals surface area contributed by atoms with Crippen molar-refractivity contribution in [1.29, 1.82) is 0 Å². The fraction of sp³-hybridized carbons (Fsp3) is 0.381. The normalized spacial score (nSPS) is 16.8. The van der Waals surface area contributed by atoms with Crippen molar-refractivity contribution in [2.24, 2.45) is 0 Å². The van der Waals surface area contributed by atoms with Gasteiger partial charge in [-0.05, 0) is 38.0 Å². The molecule has 8 heteroatoms. The first kappa shape index (κ1) is 19.0. The zero-order valence-electron chi connectivity index (χ0n) is 16.9. The average molecular weight is 392 g/mol. The summed E-state index contributed by atoms with van der Waals surface area (Å²) in [5.74, 6) is -0.00720. The molecule has 0 N–H and O–H groups in total. The first-order chi connectivity index (χ1) is 14.0. The molecule has 29 heavy (non-hydrogen) atoms. The van der Waals surface area contributed by atoms with Crippen molar-refractivity contribution >= 4 is 17.5 Å². The Morgan fingerprint density at radius 2 is 1.97 bits per heavy atom. The van der Waals surface area contributed by atoms with E-state index in [4.69, 9.17) is 0 Å². The zero-order valence-corrected chi connectivity index (χ0v) is 16.9. The lowest BCUT2D eigenvalue weighted by molar-refractivity contribution is 0.0704. The molecule has 2 amide bonds. The van der Waals surface area contributed by atoms with Crippen molar-refractivity contribution in [3.8, 4) is 0 Å². The number of likely N-dealkylation sites (tertiary alicyclic amines) is 1. The number of carbonyl (C=O) groups is 2. The van der Waals surface area contributed by atoms with E-state index in [0.29, 0.717) is 23.3 Å². The molecular weight excluding hydrogens is 368 g/mol. The molecule has 1 aliphatic heterocycles. The molecule has 4 heterocycles. The molecule has 0 aromatic carbocycles. The number of hydrogen-bond donors (Lipinski definition) is 0. The summed E-state index contributed by atoms with van der Waals surface area (Å²) in [6.45, 7) is 3.23. The Bertz CT molecular complexity index is 1060. The van der Waals surface area contributed by atoms with E-state index in [1.807, 2.05) is 30.0 Å². The van der Waals surface area contributed by atoms with Crippen LogP contribution < -0.4 is 0 Å². The quantitative estimate of drug-likeness (QED) is 0.682. The number of fused-ring (bicyclic) bond motifs is 1. The second kappa shape index (κ2) is 7.62. The predicted octanol–water partition coefficient (Wildman–Crippen LogP) is 2.15. The molecule has 0 unspecified atom stereocenters. The minimum Gasteiger partial charge on any atom is -0.345 e. The number of hydrogen-bond acceptors (Lipinski definition) is 5. The highest BCUT2D eigenvalue weighted by molar-refractivity contribution is 5.99. The van der Waals surface area contributed by atoms with Gasteiger partial charge in [0.1, 0.15) is 5.56 Å². The summed E-state index contributed by atoms with van der Waals surface area (Å²) in [5, 5.41) is 4.43. The maximum absolute atomic E-state index is 12.9. The Balaban J connectivity index is 1.61. The molecule has 150 valence electrons. The first-order valence-corrected chi connectivity index (χ1v) is 9.72. The van der Waals surface area contributed by atoms with E-state index in [2.05, 4.69) is 15.1 Å². The minimum absolute atomic E-state index is 0.00330. The molecule has 3 aromatic heterocycles. The van der Waals surface area contributed by atoms with E-state index in [1.165, 1.54) is 4.90 Å². The van der Waals surface area contributed by atoms with Gasteiger partial charge in [0.2, 0.25) is 0 Å². The van der Waals surface area contributed by atoms with Crippen LogP contribution in [0.1, 0.15) is 50.9 Å². The second-order valence-corrected chi connectivity index (χ2v) is 7.64. The van der Waals surface area contributed by atoms with Crippen LogP contribution in [-0.4, -0.2) is 68.4 Å². The first-order valence-electron chi connectivity index (χ1n) is 9.72. The lowest BCUT2D eigenvalue weighted by Crippen LogP contribution is -2.39. The standard InChI is InChI=1S/C21H24N6O2/c1-14-6-7-15(11-23-14)20(28)26-10-4-5-16(13-26)18-8-9-22-19-17(12-24-27(18)19)21(29)25(2)3/h6-9,11-12,16H,4-5,10,13H2,1-3H3/t16-/m1/s1. The molecule has 0 spiro atoms. The maximum Gasteiger partial charge on any atom is 0.258 e. The summed E-state index contributed by atoms with van der Waals surface area (Å²) in [5.41, 5.74) is 3.49. The van der Waals surface area contributed by atoms with Crippen molar-refractivity contribution < 1.29 is 9.59 Å². The molecule has 1 fully saturated rings. The fourth-order valence-corrected chi connectivity index (χ4v) is 3.79. The number of piperidine rings is 1. The van der Waals surface area contributed by atoms with E-state index in [0.717, 1.165) is 30.8 Å². The van der Waals surface area contributed by atoms with Crippen LogP contribution >= 0.6 is 0 Å². The van der Waals surface area contributed by atoms with E-state index >= 15 is 0 Å². The van der Waals surface area contributed by atoms with Gasteiger partial charge in [0, 0.05) is 51.2 Å². The highest BCUT2D eigenvalue weighted by atomic mass is 16.2. The lowest BCUT2D eigenvalue weighted by Gasteiger charge is -2.33. The minimum atomic E-state index is -0.128. The molecule has 1 saturated heterocycles. The van der Waals surface area contributed by atoms with Gasteiger partial charge >= 0.3 is 0 Å². The van der Waals surface area contributed by atoms with Crippen molar-refractivity contribution in [1.82, 2.24) is 29.4 Å². The fourth-order valence-electron chi connectivity index (χ4n) is 3.79. The number of pyridine rings is 1. The Morgan fingerprint density at radius 1 is 1.14 bits per heavy atom. The molecule has 1 aliphatic rings. The van der Waals surface area contributed by atoms with Crippen molar-refractivity contribution in [3.63, 3.8) is 0 Å². The zero-order chi connectivity index (χ0) is 20.5. The summed E-state index contributed by atoms with van der Waals surface area (Å²) >= 11 is 0. The lowest BCUT2D eigenvalue weighted by atomic mass is 9.94. The summed E-state index contributed by atoms with van der Waals surface area (Å²) in [6.07, 6.45) is 6.77. The van der Waals surface area contributed by atoms with Gasteiger partial charge in [0.05, 0.1) is 17.5 Å². The molecule has 0 bridgehead atoms. The van der Waals surface area contributed by atoms with Crippen LogP contribution in [0.3, 0.4) is 0 Å². The highest BCUT2D eigenvalue weighted by Crippen LogP contribution is 2.28. The van der Waals surface area contributed by atoms with Crippen LogP contribution in [0, 0.1) is 6.92 Å².